The Hall–Kier alpha value is -1.39. The summed E-state index contributed by atoms with van der Waals surface area (Å²) >= 11 is 0. The van der Waals surface area contributed by atoms with Gasteiger partial charge in [-0.1, -0.05) is 44.9 Å². The molecule has 1 unspecified atom stereocenters. The Bertz CT molecular complexity index is 494. The summed E-state index contributed by atoms with van der Waals surface area (Å²) in [6, 6.07) is 8.15. The van der Waals surface area contributed by atoms with E-state index in [9.17, 15) is 4.79 Å². The summed E-state index contributed by atoms with van der Waals surface area (Å²) in [6.45, 7) is 10.7. The van der Waals surface area contributed by atoms with Crippen molar-refractivity contribution in [2.75, 3.05) is 32.8 Å². The van der Waals surface area contributed by atoms with Crippen molar-refractivity contribution in [1.29, 1.82) is 0 Å². The van der Waals surface area contributed by atoms with Gasteiger partial charge in [-0.2, -0.15) is 0 Å². The molecule has 1 aromatic rings. The highest BCUT2D eigenvalue weighted by atomic mass is 16.5. The molecular weight excluding hydrogens is 288 g/mol. The van der Waals surface area contributed by atoms with E-state index >= 15 is 0 Å². The normalized spacial score (nSPS) is 17.2. The second kappa shape index (κ2) is 9.04. The van der Waals surface area contributed by atoms with Crippen molar-refractivity contribution in [3.63, 3.8) is 0 Å². The summed E-state index contributed by atoms with van der Waals surface area (Å²) in [5.74, 6) is 0.637. The van der Waals surface area contributed by atoms with Crippen LogP contribution in [0.3, 0.4) is 0 Å². The molecule has 0 aliphatic carbocycles. The monoisotopic (exact) mass is 318 g/mol. The molecule has 2 rings (SSSR count). The molecular formula is C19H30N2O2. The number of hydrogen-bond donors (Lipinski definition) is 1. The van der Waals surface area contributed by atoms with Crippen molar-refractivity contribution < 1.29 is 9.53 Å². The predicted molar refractivity (Wildman–Crippen MR) is 93.8 cm³/mol. The highest BCUT2D eigenvalue weighted by Crippen LogP contribution is 2.20. The van der Waals surface area contributed by atoms with Gasteiger partial charge >= 0.3 is 0 Å². The lowest BCUT2D eigenvalue weighted by molar-refractivity contribution is 0.00191. The molecule has 23 heavy (non-hydrogen) atoms. The molecule has 1 aromatic carbocycles. The van der Waals surface area contributed by atoms with Crippen LogP contribution in [0.4, 0.5) is 0 Å². The summed E-state index contributed by atoms with van der Waals surface area (Å²) in [5, 5.41) is 3.16. The number of rotatable bonds is 7. The van der Waals surface area contributed by atoms with Gasteiger partial charge in [-0.3, -0.25) is 9.69 Å². The van der Waals surface area contributed by atoms with Crippen LogP contribution in [-0.2, 0) is 4.74 Å². The molecule has 0 saturated carbocycles. The zero-order valence-electron chi connectivity index (χ0n) is 14.7. The zero-order valence-corrected chi connectivity index (χ0v) is 14.7. The highest BCUT2D eigenvalue weighted by Gasteiger charge is 2.27. The minimum Gasteiger partial charge on any atom is -0.379 e. The topological polar surface area (TPSA) is 41.6 Å². The van der Waals surface area contributed by atoms with Crippen molar-refractivity contribution in [2.24, 2.45) is 5.92 Å². The summed E-state index contributed by atoms with van der Waals surface area (Å²) in [7, 11) is 0. The Morgan fingerprint density at radius 2 is 1.87 bits per heavy atom. The maximum atomic E-state index is 12.5. The Balaban J connectivity index is 2.02. The van der Waals surface area contributed by atoms with Crippen molar-refractivity contribution in [2.45, 2.75) is 39.7 Å². The van der Waals surface area contributed by atoms with E-state index in [0.717, 1.165) is 50.3 Å². The van der Waals surface area contributed by atoms with E-state index < -0.39 is 0 Å². The van der Waals surface area contributed by atoms with Crippen LogP contribution in [0.25, 0.3) is 0 Å². The first kappa shape index (κ1) is 18.0. The molecule has 1 fully saturated rings. The fraction of sp³-hybridized carbons (Fsp3) is 0.632. The maximum Gasteiger partial charge on any atom is 0.251 e. The number of amides is 1. The Labute approximate surface area is 140 Å². The lowest BCUT2D eigenvalue weighted by Crippen LogP contribution is -2.52. The average molecular weight is 318 g/mol. The number of morpholine rings is 1. The lowest BCUT2D eigenvalue weighted by atomic mass is 9.92. The molecule has 1 aliphatic rings. The smallest absolute Gasteiger partial charge is 0.251 e. The van der Waals surface area contributed by atoms with Gasteiger partial charge in [0.15, 0.2) is 0 Å². The van der Waals surface area contributed by atoms with Crippen LogP contribution in [0.2, 0.25) is 0 Å². The minimum absolute atomic E-state index is 0.0346. The van der Waals surface area contributed by atoms with E-state index in [1.807, 2.05) is 31.2 Å². The van der Waals surface area contributed by atoms with Crippen LogP contribution in [-0.4, -0.2) is 49.7 Å². The van der Waals surface area contributed by atoms with Gasteiger partial charge in [-0.05, 0) is 24.5 Å². The van der Waals surface area contributed by atoms with E-state index in [-0.39, 0.29) is 5.91 Å². The quantitative estimate of drug-likeness (QED) is 0.840. The van der Waals surface area contributed by atoms with Crippen LogP contribution in [0.15, 0.2) is 24.3 Å². The fourth-order valence-corrected chi connectivity index (χ4v) is 3.46. The van der Waals surface area contributed by atoms with E-state index in [1.165, 1.54) is 0 Å². The van der Waals surface area contributed by atoms with Gasteiger partial charge in [0, 0.05) is 31.2 Å². The van der Waals surface area contributed by atoms with Crippen molar-refractivity contribution in [3.05, 3.63) is 35.4 Å². The molecule has 0 spiro atoms. The largest absolute Gasteiger partial charge is 0.379 e. The van der Waals surface area contributed by atoms with Crippen LogP contribution < -0.4 is 5.32 Å². The summed E-state index contributed by atoms with van der Waals surface area (Å²) in [4.78, 5) is 15.0. The molecule has 1 saturated heterocycles. The highest BCUT2D eigenvalue weighted by molar-refractivity contribution is 5.95. The Morgan fingerprint density at radius 1 is 1.22 bits per heavy atom. The molecule has 4 heteroatoms. The molecule has 0 radical (unpaired) electrons. The first-order valence-electron chi connectivity index (χ1n) is 8.83. The van der Waals surface area contributed by atoms with E-state index in [1.54, 1.807) is 0 Å². The van der Waals surface area contributed by atoms with Crippen molar-refractivity contribution >= 4 is 5.91 Å². The van der Waals surface area contributed by atoms with Gasteiger partial charge in [0.05, 0.1) is 13.2 Å². The molecule has 1 atom stereocenters. The van der Waals surface area contributed by atoms with Gasteiger partial charge in [0.1, 0.15) is 0 Å². The molecule has 0 bridgehead atoms. The maximum absolute atomic E-state index is 12.5. The number of hydrogen-bond acceptors (Lipinski definition) is 3. The zero-order chi connectivity index (χ0) is 16.7. The summed E-state index contributed by atoms with van der Waals surface area (Å²) in [6.07, 6.45) is 2.28. The first-order valence-corrected chi connectivity index (χ1v) is 8.83. The van der Waals surface area contributed by atoms with Crippen LogP contribution in [0, 0.1) is 12.8 Å². The van der Waals surface area contributed by atoms with E-state index in [0.29, 0.717) is 18.5 Å². The number of nitrogens with one attached hydrogen (secondary N) is 1. The number of ether oxygens (including phenoxy) is 1. The molecule has 4 nitrogen and oxygen atoms in total. The van der Waals surface area contributed by atoms with Gasteiger partial charge in [-0.15, -0.1) is 0 Å². The molecule has 0 aromatic heterocycles. The van der Waals surface area contributed by atoms with Gasteiger partial charge < -0.3 is 10.1 Å². The summed E-state index contributed by atoms with van der Waals surface area (Å²) in [5.41, 5.74) is 1.80. The number of aryl methyl sites for hydroxylation is 1. The third kappa shape index (κ3) is 4.79. The molecule has 128 valence electrons. The SMILES string of the molecule is CCC(CC)C(CNC(=O)c1ccccc1C)N1CCOCC1. The van der Waals surface area contributed by atoms with Gasteiger partial charge in [0.2, 0.25) is 0 Å². The standard InChI is InChI=1S/C19H30N2O2/c1-4-16(5-2)18(21-10-12-23-13-11-21)14-20-19(22)17-9-7-6-8-15(17)3/h6-9,16,18H,4-5,10-14H2,1-3H3,(H,20,22). The Kier molecular flexibility index (Phi) is 7.06. The number of carbonyl (C=O) groups excluding carboxylic acids is 1. The minimum atomic E-state index is 0.0346. The van der Waals surface area contributed by atoms with Crippen LogP contribution in [0.5, 0.6) is 0 Å². The van der Waals surface area contributed by atoms with E-state index in [4.69, 9.17) is 4.74 Å². The average Bonchev–Trinajstić information content (AvgIpc) is 2.59. The number of benzene rings is 1. The summed E-state index contributed by atoms with van der Waals surface area (Å²) < 4.78 is 5.48. The van der Waals surface area contributed by atoms with E-state index in [2.05, 4.69) is 24.1 Å². The molecule has 1 N–H and O–H groups in total. The van der Waals surface area contributed by atoms with Crippen LogP contribution >= 0.6 is 0 Å². The van der Waals surface area contributed by atoms with Gasteiger partial charge in [0.25, 0.3) is 5.91 Å². The first-order chi connectivity index (χ1) is 11.2. The second-order valence-electron chi connectivity index (χ2n) is 6.32. The van der Waals surface area contributed by atoms with Gasteiger partial charge in [-0.25, -0.2) is 0 Å². The van der Waals surface area contributed by atoms with Crippen LogP contribution in [0.1, 0.15) is 42.6 Å². The lowest BCUT2D eigenvalue weighted by Gasteiger charge is -2.38. The Morgan fingerprint density at radius 3 is 2.48 bits per heavy atom. The van der Waals surface area contributed by atoms with Crippen molar-refractivity contribution in [1.82, 2.24) is 10.2 Å². The molecule has 1 amide bonds. The third-order valence-corrected chi connectivity index (χ3v) is 4.97. The molecule has 1 aliphatic heterocycles. The third-order valence-electron chi connectivity index (χ3n) is 4.97. The number of carbonyl (C=O) groups is 1. The fourth-order valence-electron chi connectivity index (χ4n) is 3.46. The molecule has 1 heterocycles. The number of nitrogens with zero attached hydrogens (tertiary/aromatic N) is 1. The van der Waals surface area contributed by atoms with Crippen molar-refractivity contribution in [3.8, 4) is 0 Å². The second-order valence-corrected chi connectivity index (χ2v) is 6.32. The predicted octanol–water partition coefficient (Wildman–Crippen LogP) is 2.86.